The van der Waals surface area contributed by atoms with Gasteiger partial charge in [-0.05, 0) is 39.5 Å². The zero-order valence-corrected chi connectivity index (χ0v) is 12.6. The lowest BCUT2D eigenvalue weighted by Crippen LogP contribution is -2.43. The van der Waals surface area contributed by atoms with Gasteiger partial charge in [-0.1, -0.05) is 6.92 Å². The summed E-state index contributed by atoms with van der Waals surface area (Å²) in [5.74, 6) is 0. The van der Waals surface area contributed by atoms with E-state index in [9.17, 15) is 0 Å². The van der Waals surface area contributed by atoms with Crippen molar-refractivity contribution in [3.8, 4) is 0 Å². The van der Waals surface area contributed by atoms with E-state index in [1.165, 1.54) is 25.9 Å². The maximum atomic E-state index is 5.59. The second kappa shape index (κ2) is 11.6. The number of ether oxygens (including phenoxy) is 2. The van der Waals surface area contributed by atoms with Crippen LogP contribution in [-0.2, 0) is 9.47 Å². The number of hydrogen-bond donors (Lipinski definition) is 2. The molecule has 0 bridgehead atoms. The third-order valence-corrected chi connectivity index (χ3v) is 3.50. The minimum absolute atomic E-state index is 0.699. The van der Waals surface area contributed by atoms with Crippen LogP contribution in [0.4, 0.5) is 0 Å². The molecule has 114 valence electrons. The van der Waals surface area contributed by atoms with Crippen LogP contribution >= 0.6 is 0 Å². The van der Waals surface area contributed by atoms with E-state index in [-0.39, 0.29) is 0 Å². The molecule has 0 amide bonds. The van der Waals surface area contributed by atoms with Crippen LogP contribution in [0, 0.1) is 0 Å². The molecular formula is C14H31N3O2. The topological polar surface area (TPSA) is 45.8 Å². The molecule has 1 saturated heterocycles. The summed E-state index contributed by atoms with van der Waals surface area (Å²) >= 11 is 0. The zero-order valence-electron chi connectivity index (χ0n) is 12.6. The van der Waals surface area contributed by atoms with Gasteiger partial charge in [0, 0.05) is 19.1 Å². The number of rotatable bonds is 11. The fourth-order valence-corrected chi connectivity index (χ4v) is 2.34. The van der Waals surface area contributed by atoms with Crippen molar-refractivity contribution < 1.29 is 9.47 Å². The molecule has 0 unspecified atom stereocenters. The molecule has 1 rings (SSSR count). The summed E-state index contributed by atoms with van der Waals surface area (Å²) in [5.41, 5.74) is 0. The van der Waals surface area contributed by atoms with Gasteiger partial charge in [0.1, 0.15) is 0 Å². The highest BCUT2D eigenvalue weighted by Gasteiger charge is 2.17. The Morgan fingerprint density at radius 3 is 2.37 bits per heavy atom. The van der Waals surface area contributed by atoms with E-state index >= 15 is 0 Å². The molecule has 5 heteroatoms. The van der Waals surface area contributed by atoms with E-state index in [2.05, 4.69) is 22.5 Å². The highest BCUT2D eigenvalue weighted by molar-refractivity contribution is 4.76. The Kier molecular flexibility index (Phi) is 10.3. The Hall–Kier alpha value is -0.200. The molecule has 5 nitrogen and oxygen atoms in total. The summed E-state index contributed by atoms with van der Waals surface area (Å²) in [5, 5.41) is 6.57. The summed E-state index contributed by atoms with van der Waals surface area (Å²) in [7, 11) is 1.93. The van der Waals surface area contributed by atoms with Crippen LogP contribution in [0.1, 0.15) is 19.8 Å². The summed E-state index contributed by atoms with van der Waals surface area (Å²) < 4.78 is 11.0. The van der Waals surface area contributed by atoms with Crippen molar-refractivity contribution in [3.63, 3.8) is 0 Å². The van der Waals surface area contributed by atoms with Crippen LogP contribution in [0.15, 0.2) is 0 Å². The van der Waals surface area contributed by atoms with Crippen LogP contribution in [-0.4, -0.2) is 77.1 Å². The maximum Gasteiger partial charge on any atom is 0.0701 e. The summed E-state index contributed by atoms with van der Waals surface area (Å²) in [4.78, 5) is 2.50. The van der Waals surface area contributed by atoms with Crippen LogP contribution in [0.25, 0.3) is 0 Å². The first-order chi connectivity index (χ1) is 9.36. The minimum Gasteiger partial charge on any atom is -0.378 e. The van der Waals surface area contributed by atoms with E-state index in [0.29, 0.717) is 13.2 Å². The third-order valence-electron chi connectivity index (χ3n) is 3.50. The molecule has 1 aliphatic rings. The maximum absolute atomic E-state index is 5.59. The molecule has 0 aromatic carbocycles. The molecule has 0 aromatic rings. The standard InChI is InChI=1S/C14H31N3O2/c1-3-16-14-4-7-17(8-5-14)9-11-19-13-12-18-10-6-15-2/h14-16H,3-13H2,1-2H3. The van der Waals surface area contributed by atoms with Crippen molar-refractivity contribution in [2.45, 2.75) is 25.8 Å². The highest BCUT2D eigenvalue weighted by atomic mass is 16.5. The van der Waals surface area contributed by atoms with Gasteiger partial charge in [0.05, 0.1) is 26.4 Å². The second-order valence-corrected chi connectivity index (χ2v) is 5.00. The first kappa shape index (κ1) is 16.9. The number of nitrogens with zero attached hydrogens (tertiary/aromatic N) is 1. The monoisotopic (exact) mass is 273 g/mol. The Balaban J connectivity index is 1.85. The molecule has 1 heterocycles. The first-order valence-electron chi connectivity index (χ1n) is 7.62. The number of piperidine rings is 1. The average molecular weight is 273 g/mol. The van der Waals surface area contributed by atoms with Gasteiger partial charge >= 0.3 is 0 Å². The molecule has 0 aromatic heterocycles. The predicted molar refractivity (Wildman–Crippen MR) is 78.7 cm³/mol. The Bertz CT molecular complexity index is 197. The smallest absolute Gasteiger partial charge is 0.0701 e. The van der Waals surface area contributed by atoms with Gasteiger partial charge < -0.3 is 25.0 Å². The molecule has 0 radical (unpaired) electrons. The van der Waals surface area contributed by atoms with Crippen molar-refractivity contribution in [2.75, 3.05) is 66.2 Å². The van der Waals surface area contributed by atoms with E-state index in [4.69, 9.17) is 9.47 Å². The Labute approximate surface area is 118 Å². The quantitative estimate of drug-likeness (QED) is 0.531. The van der Waals surface area contributed by atoms with Crippen LogP contribution in [0.3, 0.4) is 0 Å². The number of likely N-dealkylation sites (N-methyl/N-ethyl adjacent to an activating group) is 1. The molecule has 2 N–H and O–H groups in total. The van der Waals surface area contributed by atoms with Gasteiger partial charge in [0.2, 0.25) is 0 Å². The lowest BCUT2D eigenvalue weighted by atomic mass is 10.1. The molecular weight excluding hydrogens is 242 g/mol. The molecule has 0 atom stereocenters. The molecule has 0 saturated carbocycles. The van der Waals surface area contributed by atoms with Crippen molar-refractivity contribution in [2.24, 2.45) is 0 Å². The van der Waals surface area contributed by atoms with Gasteiger partial charge in [-0.2, -0.15) is 0 Å². The number of likely N-dealkylation sites (tertiary alicyclic amines) is 1. The lowest BCUT2D eigenvalue weighted by molar-refractivity contribution is 0.0368. The average Bonchev–Trinajstić information content (AvgIpc) is 2.44. The van der Waals surface area contributed by atoms with Crippen LogP contribution in [0.2, 0.25) is 0 Å². The van der Waals surface area contributed by atoms with Gasteiger partial charge in [-0.15, -0.1) is 0 Å². The predicted octanol–water partition coefficient (Wildman–Crippen LogP) is 0.313. The van der Waals surface area contributed by atoms with E-state index in [0.717, 1.165) is 38.9 Å². The molecule has 0 spiro atoms. The van der Waals surface area contributed by atoms with Gasteiger partial charge in [0.25, 0.3) is 0 Å². The lowest BCUT2D eigenvalue weighted by Gasteiger charge is -2.32. The first-order valence-corrected chi connectivity index (χ1v) is 7.62. The number of nitrogens with one attached hydrogen (secondary N) is 2. The number of hydrogen-bond acceptors (Lipinski definition) is 5. The fraction of sp³-hybridized carbons (Fsp3) is 1.00. The van der Waals surface area contributed by atoms with E-state index < -0.39 is 0 Å². The summed E-state index contributed by atoms with van der Waals surface area (Å²) in [6.07, 6.45) is 2.53. The van der Waals surface area contributed by atoms with E-state index in [1.54, 1.807) is 0 Å². The van der Waals surface area contributed by atoms with Gasteiger partial charge in [-0.25, -0.2) is 0 Å². The van der Waals surface area contributed by atoms with Crippen molar-refractivity contribution in [3.05, 3.63) is 0 Å². The van der Waals surface area contributed by atoms with E-state index in [1.807, 2.05) is 7.05 Å². The van der Waals surface area contributed by atoms with Gasteiger partial charge in [-0.3, -0.25) is 0 Å². The fourth-order valence-electron chi connectivity index (χ4n) is 2.34. The normalized spacial score (nSPS) is 18.0. The SMILES string of the molecule is CCNC1CCN(CCOCCOCCNC)CC1. The van der Waals surface area contributed by atoms with Gasteiger partial charge in [0.15, 0.2) is 0 Å². The Morgan fingerprint density at radius 2 is 1.74 bits per heavy atom. The minimum atomic E-state index is 0.699. The van der Waals surface area contributed by atoms with Crippen molar-refractivity contribution >= 4 is 0 Å². The Morgan fingerprint density at radius 1 is 1.05 bits per heavy atom. The largest absolute Gasteiger partial charge is 0.378 e. The second-order valence-electron chi connectivity index (χ2n) is 5.00. The molecule has 1 fully saturated rings. The van der Waals surface area contributed by atoms with Crippen molar-refractivity contribution in [1.29, 1.82) is 0 Å². The molecule has 0 aliphatic carbocycles. The van der Waals surface area contributed by atoms with Crippen LogP contribution < -0.4 is 10.6 Å². The molecule has 1 aliphatic heterocycles. The van der Waals surface area contributed by atoms with Crippen LogP contribution in [0.5, 0.6) is 0 Å². The summed E-state index contributed by atoms with van der Waals surface area (Å²) in [6, 6.07) is 0.725. The van der Waals surface area contributed by atoms with Crippen molar-refractivity contribution in [1.82, 2.24) is 15.5 Å². The molecule has 19 heavy (non-hydrogen) atoms. The third kappa shape index (κ3) is 8.55. The highest BCUT2D eigenvalue weighted by Crippen LogP contribution is 2.09. The summed E-state index contributed by atoms with van der Waals surface area (Å²) in [6.45, 7) is 10.6. The zero-order chi connectivity index (χ0) is 13.8.